The lowest BCUT2D eigenvalue weighted by atomic mass is 9.99. The van der Waals surface area contributed by atoms with Gasteiger partial charge in [0.15, 0.2) is 0 Å². The number of carboxylic acids is 1. The highest BCUT2D eigenvalue weighted by Gasteiger charge is 2.34. The monoisotopic (exact) mass is 234 g/mol. The molecule has 0 aliphatic carbocycles. The summed E-state index contributed by atoms with van der Waals surface area (Å²) in [6.45, 7) is 4.50. The molecule has 1 N–H and O–H groups in total. The normalized spacial score (nSPS) is 25.0. The Hall–Kier alpha value is -1.42. The Balaban J connectivity index is 1.84. The van der Waals surface area contributed by atoms with Crippen LogP contribution in [0.2, 0.25) is 0 Å². The smallest absolute Gasteiger partial charge is 0.308 e. The van der Waals surface area contributed by atoms with Gasteiger partial charge in [-0.1, -0.05) is 13.0 Å². The van der Waals surface area contributed by atoms with Crippen molar-refractivity contribution in [1.29, 1.82) is 0 Å². The van der Waals surface area contributed by atoms with Crippen molar-refractivity contribution in [2.45, 2.75) is 13.3 Å². The van der Waals surface area contributed by atoms with E-state index in [0.717, 1.165) is 19.5 Å². The van der Waals surface area contributed by atoms with Crippen LogP contribution in [-0.4, -0.2) is 40.6 Å². The zero-order valence-electron chi connectivity index (χ0n) is 10.0. The summed E-state index contributed by atoms with van der Waals surface area (Å²) in [5.41, 5.74) is 1.21. The highest BCUT2D eigenvalue weighted by molar-refractivity contribution is 5.71. The molecular formula is C13H18N2O2. The average Bonchev–Trinajstić information content (AvgIpc) is 2.69. The zero-order chi connectivity index (χ0) is 12.3. The van der Waals surface area contributed by atoms with Gasteiger partial charge in [0.1, 0.15) is 0 Å². The number of aromatic nitrogens is 1. The van der Waals surface area contributed by atoms with Gasteiger partial charge in [0.2, 0.25) is 0 Å². The molecular weight excluding hydrogens is 216 g/mol. The third-order valence-electron chi connectivity index (χ3n) is 3.44. The number of likely N-dealkylation sites (tertiary alicyclic amines) is 1. The Bertz CT molecular complexity index is 380. The van der Waals surface area contributed by atoms with E-state index in [-0.39, 0.29) is 11.8 Å². The summed E-state index contributed by atoms with van der Waals surface area (Å²) in [5.74, 6) is -0.619. The van der Waals surface area contributed by atoms with Crippen LogP contribution < -0.4 is 0 Å². The van der Waals surface area contributed by atoms with Crippen molar-refractivity contribution in [2.24, 2.45) is 11.8 Å². The van der Waals surface area contributed by atoms with Gasteiger partial charge in [-0.05, 0) is 24.0 Å². The SMILES string of the molecule is CC1CN(CCc2cccnc2)CC1C(=O)O. The molecule has 1 aliphatic rings. The van der Waals surface area contributed by atoms with Crippen molar-refractivity contribution in [3.05, 3.63) is 30.1 Å². The highest BCUT2D eigenvalue weighted by Crippen LogP contribution is 2.23. The Kier molecular flexibility index (Phi) is 3.74. The van der Waals surface area contributed by atoms with Crippen molar-refractivity contribution in [3.63, 3.8) is 0 Å². The van der Waals surface area contributed by atoms with Gasteiger partial charge in [-0.3, -0.25) is 9.78 Å². The van der Waals surface area contributed by atoms with Crippen molar-refractivity contribution in [3.8, 4) is 0 Å². The van der Waals surface area contributed by atoms with Crippen molar-refractivity contribution in [2.75, 3.05) is 19.6 Å². The van der Waals surface area contributed by atoms with Gasteiger partial charge in [0, 0.05) is 32.0 Å². The number of hydrogen-bond donors (Lipinski definition) is 1. The van der Waals surface area contributed by atoms with E-state index in [1.807, 2.05) is 19.2 Å². The first kappa shape index (κ1) is 12.0. The molecule has 1 fully saturated rings. The fourth-order valence-corrected chi connectivity index (χ4v) is 2.40. The van der Waals surface area contributed by atoms with Crippen LogP contribution in [0.25, 0.3) is 0 Å². The van der Waals surface area contributed by atoms with Crippen molar-refractivity contribution in [1.82, 2.24) is 9.88 Å². The summed E-state index contributed by atoms with van der Waals surface area (Å²) < 4.78 is 0. The summed E-state index contributed by atoms with van der Waals surface area (Å²) in [4.78, 5) is 17.3. The van der Waals surface area contributed by atoms with Crippen LogP contribution in [0.1, 0.15) is 12.5 Å². The molecule has 2 rings (SSSR count). The maximum absolute atomic E-state index is 11.0. The second kappa shape index (κ2) is 5.27. The molecule has 1 aromatic rings. The van der Waals surface area contributed by atoms with Gasteiger partial charge < -0.3 is 10.0 Å². The standard InChI is InChI=1S/C13H18N2O2/c1-10-8-15(9-12(10)13(16)17)6-4-11-3-2-5-14-7-11/h2-3,5,7,10,12H,4,6,8-9H2,1H3,(H,16,17). The van der Waals surface area contributed by atoms with Crippen LogP contribution in [0.4, 0.5) is 0 Å². The van der Waals surface area contributed by atoms with E-state index in [0.29, 0.717) is 6.54 Å². The molecule has 0 saturated carbocycles. The van der Waals surface area contributed by atoms with Crippen LogP contribution >= 0.6 is 0 Å². The summed E-state index contributed by atoms with van der Waals surface area (Å²) in [6, 6.07) is 3.99. The van der Waals surface area contributed by atoms with Gasteiger partial charge in [-0.25, -0.2) is 0 Å². The van der Waals surface area contributed by atoms with Gasteiger partial charge in [0.05, 0.1) is 5.92 Å². The molecule has 92 valence electrons. The molecule has 1 aromatic heterocycles. The summed E-state index contributed by atoms with van der Waals surface area (Å²) in [7, 11) is 0. The Morgan fingerprint density at radius 2 is 2.41 bits per heavy atom. The van der Waals surface area contributed by atoms with Crippen molar-refractivity contribution < 1.29 is 9.90 Å². The maximum Gasteiger partial charge on any atom is 0.308 e. The molecule has 17 heavy (non-hydrogen) atoms. The van der Waals surface area contributed by atoms with Crippen LogP contribution in [0.5, 0.6) is 0 Å². The Labute approximate surface area is 101 Å². The second-order valence-corrected chi connectivity index (χ2v) is 4.79. The van der Waals surface area contributed by atoms with E-state index in [1.54, 1.807) is 6.20 Å². The average molecular weight is 234 g/mol. The fourth-order valence-electron chi connectivity index (χ4n) is 2.40. The summed E-state index contributed by atoms with van der Waals surface area (Å²) >= 11 is 0. The lowest BCUT2D eigenvalue weighted by molar-refractivity contribution is -0.142. The number of nitrogens with zero attached hydrogens (tertiary/aromatic N) is 2. The minimum Gasteiger partial charge on any atom is -0.481 e. The quantitative estimate of drug-likeness (QED) is 0.852. The second-order valence-electron chi connectivity index (χ2n) is 4.79. The largest absolute Gasteiger partial charge is 0.481 e. The lowest BCUT2D eigenvalue weighted by Crippen LogP contribution is -2.25. The van der Waals surface area contributed by atoms with Gasteiger partial charge in [-0.15, -0.1) is 0 Å². The van der Waals surface area contributed by atoms with Crippen molar-refractivity contribution >= 4 is 5.97 Å². The number of carbonyl (C=O) groups is 1. The first-order chi connectivity index (χ1) is 8.16. The van der Waals surface area contributed by atoms with Crippen LogP contribution in [-0.2, 0) is 11.2 Å². The van der Waals surface area contributed by atoms with Crippen LogP contribution in [0, 0.1) is 11.8 Å². The molecule has 0 amide bonds. The maximum atomic E-state index is 11.0. The number of carboxylic acid groups (broad SMARTS) is 1. The van der Waals surface area contributed by atoms with Gasteiger partial charge in [-0.2, -0.15) is 0 Å². The number of pyridine rings is 1. The predicted molar refractivity (Wildman–Crippen MR) is 64.7 cm³/mol. The first-order valence-electron chi connectivity index (χ1n) is 6.01. The fraction of sp³-hybridized carbons (Fsp3) is 0.538. The van der Waals surface area contributed by atoms with Gasteiger partial charge >= 0.3 is 5.97 Å². The third-order valence-corrected chi connectivity index (χ3v) is 3.44. The van der Waals surface area contributed by atoms with E-state index in [2.05, 4.69) is 16.0 Å². The van der Waals surface area contributed by atoms with Crippen LogP contribution in [0.15, 0.2) is 24.5 Å². The van der Waals surface area contributed by atoms with E-state index >= 15 is 0 Å². The van der Waals surface area contributed by atoms with Crippen LogP contribution in [0.3, 0.4) is 0 Å². The predicted octanol–water partition coefficient (Wildman–Crippen LogP) is 1.28. The molecule has 0 radical (unpaired) electrons. The molecule has 1 saturated heterocycles. The third kappa shape index (κ3) is 3.03. The zero-order valence-corrected chi connectivity index (χ0v) is 10.0. The molecule has 0 spiro atoms. The summed E-state index contributed by atoms with van der Waals surface area (Å²) in [6.07, 6.45) is 4.57. The molecule has 2 heterocycles. The topological polar surface area (TPSA) is 53.4 Å². The van der Waals surface area contributed by atoms with E-state index < -0.39 is 5.97 Å². The first-order valence-corrected chi connectivity index (χ1v) is 6.01. The Morgan fingerprint density at radius 1 is 1.59 bits per heavy atom. The van der Waals surface area contributed by atoms with Gasteiger partial charge in [0.25, 0.3) is 0 Å². The number of aliphatic carboxylic acids is 1. The minimum absolute atomic E-state index is 0.205. The number of hydrogen-bond acceptors (Lipinski definition) is 3. The van der Waals surface area contributed by atoms with E-state index in [4.69, 9.17) is 5.11 Å². The molecule has 2 atom stereocenters. The van der Waals surface area contributed by atoms with E-state index in [1.165, 1.54) is 5.56 Å². The molecule has 0 bridgehead atoms. The highest BCUT2D eigenvalue weighted by atomic mass is 16.4. The molecule has 4 heteroatoms. The molecule has 0 aromatic carbocycles. The molecule has 1 aliphatic heterocycles. The van der Waals surface area contributed by atoms with E-state index in [9.17, 15) is 4.79 Å². The molecule has 2 unspecified atom stereocenters. The lowest BCUT2D eigenvalue weighted by Gasteiger charge is -2.14. The summed E-state index contributed by atoms with van der Waals surface area (Å²) in [5, 5.41) is 9.05. The number of rotatable bonds is 4. The minimum atomic E-state index is -0.665. The molecule has 4 nitrogen and oxygen atoms in total. The Morgan fingerprint density at radius 3 is 3.00 bits per heavy atom.